The van der Waals surface area contributed by atoms with Crippen LogP contribution in [-0.2, 0) is 16.1 Å². The van der Waals surface area contributed by atoms with E-state index in [1.807, 2.05) is 25.3 Å². The molecule has 5 aliphatic rings. The summed E-state index contributed by atoms with van der Waals surface area (Å²) >= 11 is 0. The van der Waals surface area contributed by atoms with Crippen LogP contribution >= 0.6 is 0 Å². The number of unbranched alkanes of at least 4 members (excludes halogenated alkanes) is 1. The molecule has 0 aromatic carbocycles. The van der Waals surface area contributed by atoms with Gasteiger partial charge in [0.25, 0.3) is 0 Å². The van der Waals surface area contributed by atoms with Crippen molar-refractivity contribution in [1.29, 1.82) is 0 Å². The number of carbonyl (C=O) groups excluding carboxylic acids is 1. The van der Waals surface area contributed by atoms with Gasteiger partial charge in [-0.15, -0.1) is 0 Å². The molecule has 0 radical (unpaired) electrons. The normalized spacial score (nSPS) is 42.4. The Morgan fingerprint density at radius 2 is 1.87 bits per heavy atom. The number of aliphatic hydroxyl groups is 1. The molecule has 6 rings (SSSR count). The molecule has 5 saturated carbocycles. The third-order valence-corrected chi connectivity index (χ3v) is 15.0. The molecular weight excluding hydrogens is 558 g/mol. The van der Waals surface area contributed by atoms with Gasteiger partial charge < -0.3 is 20.5 Å². The lowest BCUT2D eigenvalue weighted by Crippen LogP contribution is -2.59. The average molecular weight is 622 g/mol. The zero-order valence-electron chi connectivity index (χ0n) is 29.0. The number of esters is 1. The van der Waals surface area contributed by atoms with Crippen molar-refractivity contribution in [2.24, 2.45) is 57.7 Å². The summed E-state index contributed by atoms with van der Waals surface area (Å²) in [6.45, 7) is 12.8. The van der Waals surface area contributed by atoms with Gasteiger partial charge in [-0.3, -0.25) is 9.78 Å². The van der Waals surface area contributed by atoms with E-state index in [0.29, 0.717) is 46.0 Å². The van der Waals surface area contributed by atoms with Crippen LogP contribution in [0.5, 0.6) is 0 Å². The molecule has 0 aliphatic heterocycles. The van der Waals surface area contributed by atoms with Crippen molar-refractivity contribution in [1.82, 2.24) is 15.6 Å². The van der Waals surface area contributed by atoms with E-state index in [-0.39, 0.29) is 18.0 Å². The summed E-state index contributed by atoms with van der Waals surface area (Å²) in [5, 5.41) is 19.4. The largest absolute Gasteiger partial charge is 0.469 e. The quantitative estimate of drug-likeness (QED) is 0.160. The van der Waals surface area contributed by atoms with E-state index in [4.69, 9.17) is 4.74 Å². The number of pyridine rings is 1. The minimum atomic E-state index is -0.134. The molecular formula is C39H63N3O3. The number of ether oxygens (including phenoxy) is 1. The third-order valence-electron chi connectivity index (χ3n) is 15.0. The first kappa shape index (κ1) is 33.4. The number of methoxy groups -OCH3 is 1. The number of nitrogens with zero attached hydrogens (tertiary/aromatic N) is 1. The van der Waals surface area contributed by atoms with E-state index in [2.05, 4.69) is 42.5 Å². The Bertz CT molecular complexity index is 1150. The van der Waals surface area contributed by atoms with Gasteiger partial charge in [0.1, 0.15) is 0 Å². The molecule has 12 atom stereocenters. The van der Waals surface area contributed by atoms with E-state index >= 15 is 0 Å². The van der Waals surface area contributed by atoms with Crippen molar-refractivity contribution < 1.29 is 14.6 Å². The van der Waals surface area contributed by atoms with Gasteiger partial charge in [-0.25, -0.2) is 0 Å². The molecule has 1 heterocycles. The topological polar surface area (TPSA) is 83.5 Å². The predicted molar refractivity (Wildman–Crippen MR) is 180 cm³/mol. The monoisotopic (exact) mass is 621 g/mol. The van der Waals surface area contributed by atoms with Gasteiger partial charge in [0.05, 0.1) is 24.8 Å². The number of aromatic nitrogens is 1. The van der Waals surface area contributed by atoms with Crippen molar-refractivity contribution in [3.8, 4) is 0 Å². The first-order valence-electron chi connectivity index (χ1n) is 18.8. The van der Waals surface area contributed by atoms with Crippen LogP contribution in [0.15, 0.2) is 24.4 Å². The standard InChI is InChI=1S/C39H63N3O3/c1-26(36(44)45-5)11-10-13-31-27(2)39(31)19-16-33-35-32(15-18-38(33,39)4)37(3)17-14-29(23-28(37)24-34(35)43)41-22-9-8-20-40-25-30-12-6-7-21-42-30/h6-7,12,21,26-29,31-35,40-41,43H,8-11,13-20,22-25H2,1-5H3/t26-,27+,28+,29-,31?,32?,33?,34+,35?,37-,38-,39?/m0/s1. The summed E-state index contributed by atoms with van der Waals surface area (Å²) in [6, 6.07) is 6.70. The average Bonchev–Trinajstić information content (AvgIpc) is 3.48. The Labute approximate surface area is 273 Å². The fraction of sp³-hybridized carbons (Fsp3) is 0.846. The van der Waals surface area contributed by atoms with Crippen LogP contribution in [0.2, 0.25) is 0 Å². The summed E-state index contributed by atoms with van der Waals surface area (Å²) in [5.74, 6) is 3.99. The van der Waals surface area contributed by atoms with Crippen LogP contribution in [0.4, 0.5) is 0 Å². The molecule has 1 spiro atoms. The number of fused-ring (bicyclic) bond motifs is 6. The second-order valence-corrected chi connectivity index (χ2v) is 16.7. The van der Waals surface area contributed by atoms with Gasteiger partial charge in [-0.1, -0.05) is 40.2 Å². The number of hydrogen-bond acceptors (Lipinski definition) is 6. The molecule has 5 aliphatic carbocycles. The number of nitrogens with one attached hydrogen (secondary N) is 2. The van der Waals surface area contributed by atoms with Crippen LogP contribution in [-0.4, -0.2) is 48.4 Å². The number of aliphatic hydroxyl groups excluding tert-OH is 1. The molecule has 1 aromatic heterocycles. The summed E-state index contributed by atoms with van der Waals surface area (Å²) in [4.78, 5) is 16.3. The second kappa shape index (κ2) is 13.5. The van der Waals surface area contributed by atoms with Gasteiger partial charge in [0.2, 0.25) is 0 Å². The Kier molecular flexibility index (Phi) is 10.1. The van der Waals surface area contributed by atoms with Crippen molar-refractivity contribution >= 4 is 5.97 Å². The SMILES string of the molecule is COC(=O)[C@@H](C)CCCC1[C@@H](C)C12CCC1C3C(CC[C@@]12C)[C@@]1(C)CC[C@H](NCCCCNCc2ccccn2)C[C@@H]1C[C@H]3O. The summed E-state index contributed by atoms with van der Waals surface area (Å²) in [7, 11) is 1.51. The lowest BCUT2D eigenvalue weighted by Gasteiger charge is -2.62. The Morgan fingerprint density at radius 1 is 1.07 bits per heavy atom. The lowest BCUT2D eigenvalue weighted by molar-refractivity contribution is -0.168. The summed E-state index contributed by atoms with van der Waals surface area (Å²) in [5.41, 5.74) is 2.32. The highest BCUT2D eigenvalue weighted by Crippen LogP contribution is 2.82. The Hall–Kier alpha value is -1.50. The molecule has 5 fully saturated rings. The maximum Gasteiger partial charge on any atom is 0.308 e. The molecule has 6 nitrogen and oxygen atoms in total. The van der Waals surface area contributed by atoms with Gasteiger partial charge in [0.15, 0.2) is 0 Å². The van der Waals surface area contributed by atoms with Crippen LogP contribution in [0.25, 0.3) is 0 Å². The van der Waals surface area contributed by atoms with Crippen LogP contribution in [0.1, 0.15) is 117 Å². The molecule has 0 bridgehead atoms. The highest BCUT2D eigenvalue weighted by Gasteiger charge is 2.76. The van der Waals surface area contributed by atoms with Crippen LogP contribution in [0, 0.1) is 57.7 Å². The summed E-state index contributed by atoms with van der Waals surface area (Å²) in [6.07, 6.45) is 17.6. The molecule has 3 N–H and O–H groups in total. The first-order valence-corrected chi connectivity index (χ1v) is 18.8. The van der Waals surface area contributed by atoms with Gasteiger partial charge in [-0.2, -0.15) is 0 Å². The number of rotatable bonds is 13. The van der Waals surface area contributed by atoms with Crippen molar-refractivity contribution in [2.75, 3.05) is 20.2 Å². The van der Waals surface area contributed by atoms with Crippen molar-refractivity contribution in [3.05, 3.63) is 30.1 Å². The smallest absolute Gasteiger partial charge is 0.308 e. The second-order valence-electron chi connectivity index (χ2n) is 16.7. The minimum Gasteiger partial charge on any atom is -0.469 e. The highest BCUT2D eigenvalue weighted by molar-refractivity contribution is 5.71. The zero-order valence-corrected chi connectivity index (χ0v) is 29.0. The summed E-state index contributed by atoms with van der Waals surface area (Å²) < 4.78 is 4.97. The molecule has 45 heavy (non-hydrogen) atoms. The molecule has 1 aromatic rings. The van der Waals surface area contributed by atoms with Crippen molar-refractivity contribution in [3.63, 3.8) is 0 Å². The third kappa shape index (κ3) is 6.03. The predicted octanol–water partition coefficient (Wildman–Crippen LogP) is 7.15. The van der Waals surface area contributed by atoms with Crippen LogP contribution in [0.3, 0.4) is 0 Å². The highest BCUT2D eigenvalue weighted by atomic mass is 16.5. The fourth-order valence-corrected chi connectivity index (χ4v) is 12.5. The van der Waals surface area contributed by atoms with Crippen molar-refractivity contribution in [2.45, 2.75) is 130 Å². The van der Waals surface area contributed by atoms with E-state index in [1.54, 1.807) is 0 Å². The maximum absolute atomic E-state index is 11.9. The van der Waals surface area contributed by atoms with E-state index in [1.165, 1.54) is 71.3 Å². The molecule has 252 valence electrons. The zero-order chi connectivity index (χ0) is 31.8. The Morgan fingerprint density at radius 3 is 2.64 bits per heavy atom. The lowest BCUT2D eigenvalue weighted by atomic mass is 9.43. The molecule has 5 unspecified atom stereocenters. The number of carbonyl (C=O) groups is 1. The number of hydrogen-bond donors (Lipinski definition) is 3. The maximum atomic E-state index is 11.9. The molecule has 0 amide bonds. The first-order chi connectivity index (χ1) is 21.7. The van der Waals surface area contributed by atoms with Crippen LogP contribution < -0.4 is 10.6 Å². The van der Waals surface area contributed by atoms with E-state index in [9.17, 15) is 9.90 Å². The minimum absolute atomic E-state index is 0.00384. The molecule has 0 saturated heterocycles. The van der Waals surface area contributed by atoms with E-state index in [0.717, 1.165) is 56.4 Å². The Balaban J connectivity index is 0.991. The van der Waals surface area contributed by atoms with Gasteiger partial charge >= 0.3 is 5.97 Å². The van der Waals surface area contributed by atoms with Gasteiger partial charge in [0, 0.05) is 18.8 Å². The fourth-order valence-electron chi connectivity index (χ4n) is 12.5. The van der Waals surface area contributed by atoms with Gasteiger partial charge in [-0.05, 0) is 154 Å². The van der Waals surface area contributed by atoms with E-state index < -0.39 is 0 Å². The molecule has 6 heteroatoms.